The van der Waals surface area contributed by atoms with Crippen molar-refractivity contribution < 1.29 is 19.4 Å². The second kappa shape index (κ2) is 3.44. The molecule has 1 saturated carbocycles. The number of carbonyl (C=O) groups is 2. The number of rotatable bonds is 1. The summed E-state index contributed by atoms with van der Waals surface area (Å²) in [6.07, 6.45) is 1.11. The summed E-state index contributed by atoms with van der Waals surface area (Å²) in [4.78, 5) is 22.9. The zero-order valence-corrected chi connectivity index (χ0v) is 8.53. The molecular formula is C10H14O4. The second-order valence-electron chi connectivity index (χ2n) is 4.08. The molecule has 1 N–H and O–H groups in total. The lowest BCUT2D eigenvalue weighted by Gasteiger charge is -2.13. The van der Waals surface area contributed by atoms with Crippen LogP contribution in [-0.4, -0.2) is 24.0 Å². The minimum Gasteiger partial charge on any atom is -0.515 e. The highest BCUT2D eigenvalue weighted by Crippen LogP contribution is 2.41. The minimum absolute atomic E-state index is 0.154. The van der Waals surface area contributed by atoms with Crippen LogP contribution in [0.2, 0.25) is 0 Å². The van der Waals surface area contributed by atoms with E-state index in [2.05, 4.69) is 4.74 Å². The Hall–Kier alpha value is -1.32. The van der Waals surface area contributed by atoms with Gasteiger partial charge >= 0.3 is 5.97 Å². The molecular weight excluding hydrogens is 184 g/mol. The summed E-state index contributed by atoms with van der Waals surface area (Å²) in [6.45, 7) is 3.50. The normalized spacial score (nSPS) is 28.1. The minimum atomic E-state index is -0.618. The van der Waals surface area contributed by atoms with E-state index in [1.165, 1.54) is 7.11 Å². The Kier molecular flexibility index (Phi) is 2.64. The molecule has 1 fully saturated rings. The number of esters is 1. The monoisotopic (exact) mass is 198 g/mol. The quantitative estimate of drug-likeness (QED) is 0.391. The molecule has 0 aliphatic heterocycles. The number of methoxy groups -OCH3 is 1. The first-order valence-corrected chi connectivity index (χ1v) is 4.41. The van der Waals surface area contributed by atoms with Crippen LogP contribution in [0.25, 0.3) is 0 Å². The first kappa shape index (κ1) is 10.8. The average Bonchev–Trinajstić information content (AvgIpc) is 2.37. The van der Waals surface area contributed by atoms with Gasteiger partial charge in [-0.3, -0.25) is 9.59 Å². The maximum atomic E-state index is 11.7. The van der Waals surface area contributed by atoms with E-state index in [0.717, 1.165) is 6.26 Å². The molecule has 0 bridgehead atoms. The summed E-state index contributed by atoms with van der Waals surface area (Å²) in [5.74, 6) is -1.27. The van der Waals surface area contributed by atoms with Crippen molar-refractivity contribution in [2.45, 2.75) is 20.3 Å². The Labute approximate surface area is 82.6 Å². The Morgan fingerprint density at radius 3 is 2.64 bits per heavy atom. The van der Waals surface area contributed by atoms with Crippen molar-refractivity contribution in [2.75, 3.05) is 7.11 Å². The lowest BCUT2D eigenvalue weighted by molar-refractivity contribution is -0.144. The van der Waals surface area contributed by atoms with Crippen LogP contribution < -0.4 is 0 Å². The van der Waals surface area contributed by atoms with Gasteiger partial charge in [0.25, 0.3) is 0 Å². The number of carbonyl (C=O) groups excluding carboxylic acids is 2. The van der Waals surface area contributed by atoms with Crippen LogP contribution >= 0.6 is 0 Å². The van der Waals surface area contributed by atoms with Crippen molar-refractivity contribution in [3.05, 3.63) is 11.8 Å². The van der Waals surface area contributed by atoms with E-state index >= 15 is 0 Å². The van der Waals surface area contributed by atoms with E-state index in [-0.39, 0.29) is 11.4 Å². The highest BCUT2D eigenvalue weighted by Gasteiger charge is 2.47. The van der Waals surface area contributed by atoms with Crippen molar-refractivity contribution in [2.24, 2.45) is 11.3 Å². The second-order valence-corrected chi connectivity index (χ2v) is 4.08. The summed E-state index contributed by atoms with van der Waals surface area (Å²) < 4.78 is 4.56. The van der Waals surface area contributed by atoms with E-state index in [4.69, 9.17) is 5.11 Å². The fourth-order valence-electron chi connectivity index (χ4n) is 1.76. The number of hydrogen-bond acceptors (Lipinski definition) is 4. The van der Waals surface area contributed by atoms with Gasteiger partial charge in [-0.25, -0.2) is 0 Å². The van der Waals surface area contributed by atoms with E-state index in [1.54, 1.807) is 13.8 Å². The SMILES string of the molecule is COC(=O)C1CC(C)(C)C(=O)/C1=C/O. The fourth-order valence-corrected chi connectivity index (χ4v) is 1.76. The van der Waals surface area contributed by atoms with Gasteiger partial charge in [0.1, 0.15) is 0 Å². The first-order chi connectivity index (χ1) is 6.44. The van der Waals surface area contributed by atoms with Gasteiger partial charge in [0.15, 0.2) is 5.78 Å². The molecule has 1 unspecified atom stereocenters. The van der Waals surface area contributed by atoms with Crippen LogP contribution in [0.1, 0.15) is 20.3 Å². The Morgan fingerprint density at radius 1 is 1.64 bits per heavy atom. The van der Waals surface area contributed by atoms with Crippen molar-refractivity contribution in [1.82, 2.24) is 0 Å². The van der Waals surface area contributed by atoms with Crippen LogP contribution in [0.5, 0.6) is 0 Å². The van der Waals surface area contributed by atoms with Crippen molar-refractivity contribution >= 4 is 11.8 Å². The molecule has 0 aromatic heterocycles. The predicted octanol–water partition coefficient (Wildman–Crippen LogP) is 1.22. The van der Waals surface area contributed by atoms with Gasteiger partial charge in [0.2, 0.25) is 0 Å². The number of aliphatic hydroxyl groups is 1. The third-order valence-electron chi connectivity index (χ3n) is 2.59. The molecule has 1 aliphatic carbocycles. The van der Waals surface area contributed by atoms with Gasteiger partial charge < -0.3 is 9.84 Å². The molecule has 0 heterocycles. The van der Waals surface area contributed by atoms with Crippen molar-refractivity contribution in [1.29, 1.82) is 0 Å². The smallest absolute Gasteiger partial charge is 0.313 e. The maximum Gasteiger partial charge on any atom is 0.313 e. The zero-order chi connectivity index (χ0) is 10.9. The Bertz CT molecular complexity index is 301. The number of Topliss-reactive ketones (excluding diaryl/α,β-unsaturated/α-hetero) is 1. The molecule has 0 radical (unpaired) electrons. The lowest BCUT2D eigenvalue weighted by Crippen LogP contribution is -2.17. The molecule has 4 heteroatoms. The number of hydrogen-bond donors (Lipinski definition) is 1. The molecule has 14 heavy (non-hydrogen) atoms. The molecule has 1 atom stereocenters. The predicted molar refractivity (Wildman–Crippen MR) is 49.6 cm³/mol. The summed E-state index contributed by atoms with van der Waals surface area (Å²) >= 11 is 0. The first-order valence-electron chi connectivity index (χ1n) is 4.41. The summed E-state index contributed by atoms with van der Waals surface area (Å²) in [5, 5.41) is 8.89. The van der Waals surface area contributed by atoms with Gasteiger partial charge in [0, 0.05) is 11.0 Å². The molecule has 0 saturated heterocycles. The molecule has 4 nitrogen and oxygen atoms in total. The number of ether oxygens (including phenoxy) is 1. The fraction of sp³-hybridized carbons (Fsp3) is 0.600. The van der Waals surface area contributed by atoms with Gasteiger partial charge in [-0.1, -0.05) is 13.8 Å². The molecule has 0 spiro atoms. The van der Waals surface area contributed by atoms with E-state index in [1.807, 2.05) is 0 Å². The highest BCUT2D eigenvalue weighted by atomic mass is 16.5. The molecule has 1 rings (SSSR count). The molecule has 0 amide bonds. The molecule has 0 aromatic carbocycles. The van der Waals surface area contributed by atoms with Gasteiger partial charge in [-0.2, -0.15) is 0 Å². The number of ketones is 1. The van der Waals surface area contributed by atoms with Crippen LogP contribution in [0, 0.1) is 11.3 Å². The zero-order valence-electron chi connectivity index (χ0n) is 8.53. The summed E-state index contributed by atoms with van der Waals surface area (Å²) in [6, 6.07) is 0. The lowest BCUT2D eigenvalue weighted by atomic mass is 9.89. The number of aliphatic hydroxyl groups excluding tert-OH is 1. The van der Waals surface area contributed by atoms with Crippen molar-refractivity contribution in [3.63, 3.8) is 0 Å². The van der Waals surface area contributed by atoms with E-state index in [9.17, 15) is 9.59 Å². The molecule has 0 aromatic rings. The molecule has 78 valence electrons. The Balaban J connectivity index is 3.02. The van der Waals surface area contributed by atoms with Crippen LogP contribution in [0.15, 0.2) is 11.8 Å². The van der Waals surface area contributed by atoms with E-state index < -0.39 is 17.3 Å². The molecule has 1 aliphatic rings. The third kappa shape index (κ3) is 1.52. The highest BCUT2D eigenvalue weighted by molar-refractivity contribution is 6.06. The van der Waals surface area contributed by atoms with Crippen LogP contribution in [0.3, 0.4) is 0 Å². The largest absolute Gasteiger partial charge is 0.515 e. The van der Waals surface area contributed by atoms with Crippen molar-refractivity contribution in [3.8, 4) is 0 Å². The maximum absolute atomic E-state index is 11.7. The third-order valence-corrected chi connectivity index (χ3v) is 2.59. The standard InChI is InChI=1S/C10H14O4/c1-10(2)4-6(9(13)14-3)7(5-11)8(10)12/h5-6,11H,4H2,1-3H3/b7-5+. The van der Waals surface area contributed by atoms with Gasteiger partial charge in [-0.05, 0) is 6.42 Å². The van der Waals surface area contributed by atoms with Gasteiger partial charge in [-0.15, -0.1) is 0 Å². The van der Waals surface area contributed by atoms with Gasteiger partial charge in [0.05, 0.1) is 19.3 Å². The van der Waals surface area contributed by atoms with Crippen LogP contribution in [-0.2, 0) is 14.3 Å². The summed E-state index contributed by atoms with van der Waals surface area (Å²) in [7, 11) is 1.27. The average molecular weight is 198 g/mol. The Morgan fingerprint density at radius 2 is 2.21 bits per heavy atom. The topological polar surface area (TPSA) is 63.6 Å². The van der Waals surface area contributed by atoms with E-state index in [0.29, 0.717) is 6.42 Å². The summed E-state index contributed by atoms with van der Waals surface area (Å²) in [5.41, 5.74) is -0.435. The van der Waals surface area contributed by atoms with Crippen LogP contribution in [0.4, 0.5) is 0 Å².